The molecule has 4 unspecified atom stereocenters. The summed E-state index contributed by atoms with van der Waals surface area (Å²) in [5.41, 5.74) is -0.586. The van der Waals surface area contributed by atoms with Crippen molar-refractivity contribution >= 4 is 12.0 Å². The molecule has 148 valence electrons. The minimum absolute atomic E-state index is 0.0399. The first-order valence-electron chi connectivity index (χ1n) is 9.27. The van der Waals surface area contributed by atoms with Gasteiger partial charge < -0.3 is 29.2 Å². The number of alkyl carbamates (subject to hydrolysis) is 1. The van der Waals surface area contributed by atoms with Gasteiger partial charge in [-0.1, -0.05) is 0 Å². The second-order valence-electron chi connectivity index (χ2n) is 8.60. The molecule has 0 bridgehead atoms. The second-order valence-corrected chi connectivity index (χ2v) is 8.60. The van der Waals surface area contributed by atoms with Crippen LogP contribution in [0.3, 0.4) is 0 Å². The number of carbonyl (C=O) groups excluding carboxylic acids is 2. The van der Waals surface area contributed by atoms with Gasteiger partial charge in [0.25, 0.3) is 0 Å². The summed E-state index contributed by atoms with van der Waals surface area (Å²) in [6.07, 6.45) is -0.775. The topological polar surface area (TPSA) is 86.3 Å². The first kappa shape index (κ1) is 19.4. The van der Waals surface area contributed by atoms with E-state index in [0.717, 1.165) is 0 Å². The maximum absolute atomic E-state index is 13.0. The zero-order chi connectivity index (χ0) is 19.1. The number of nitrogens with zero attached hydrogens (tertiary/aromatic N) is 1. The highest BCUT2D eigenvalue weighted by molar-refractivity contribution is 5.80. The summed E-state index contributed by atoms with van der Waals surface area (Å²) in [5, 5.41) is 2.87. The first-order valence-corrected chi connectivity index (χ1v) is 9.27. The van der Waals surface area contributed by atoms with Gasteiger partial charge in [0.15, 0.2) is 5.79 Å². The van der Waals surface area contributed by atoms with Gasteiger partial charge in [0.1, 0.15) is 17.8 Å². The molecule has 0 aromatic heterocycles. The molecule has 2 heterocycles. The average molecular weight is 370 g/mol. The number of fused-ring (bicyclic) bond motifs is 1. The van der Waals surface area contributed by atoms with Crippen molar-refractivity contribution in [1.82, 2.24) is 10.2 Å². The lowest BCUT2D eigenvalue weighted by molar-refractivity contribution is -0.165. The molecule has 2 saturated heterocycles. The van der Waals surface area contributed by atoms with E-state index in [4.69, 9.17) is 18.9 Å². The zero-order valence-electron chi connectivity index (χ0n) is 16.2. The second kappa shape index (κ2) is 6.98. The van der Waals surface area contributed by atoms with Gasteiger partial charge in [-0.25, -0.2) is 4.79 Å². The van der Waals surface area contributed by atoms with E-state index in [0.29, 0.717) is 32.7 Å². The molecular weight excluding hydrogens is 340 g/mol. The highest BCUT2D eigenvalue weighted by Crippen LogP contribution is 2.42. The maximum Gasteiger partial charge on any atom is 0.407 e. The van der Waals surface area contributed by atoms with Crippen LogP contribution in [0.25, 0.3) is 0 Å². The van der Waals surface area contributed by atoms with E-state index < -0.39 is 17.5 Å². The largest absolute Gasteiger partial charge is 0.444 e. The lowest BCUT2D eigenvalue weighted by Gasteiger charge is -2.31. The summed E-state index contributed by atoms with van der Waals surface area (Å²) in [7, 11) is 0. The summed E-state index contributed by atoms with van der Waals surface area (Å²) in [6.45, 7) is 11.4. The molecule has 1 N–H and O–H groups in total. The predicted octanol–water partition coefficient (Wildman–Crippen LogP) is 1.28. The zero-order valence-corrected chi connectivity index (χ0v) is 16.2. The molecule has 4 atom stereocenters. The Bertz CT molecular complexity index is 552. The van der Waals surface area contributed by atoms with Crippen LogP contribution in [0.1, 0.15) is 41.0 Å². The third-order valence-corrected chi connectivity index (χ3v) is 4.81. The van der Waals surface area contributed by atoms with Gasteiger partial charge in [-0.05, 0) is 41.0 Å². The van der Waals surface area contributed by atoms with Gasteiger partial charge in [0, 0.05) is 13.1 Å². The predicted molar refractivity (Wildman–Crippen MR) is 92.5 cm³/mol. The third-order valence-electron chi connectivity index (χ3n) is 4.81. The maximum atomic E-state index is 13.0. The molecule has 0 aromatic carbocycles. The van der Waals surface area contributed by atoms with E-state index in [1.165, 1.54) is 0 Å². The van der Waals surface area contributed by atoms with Crippen molar-refractivity contribution in [3.8, 4) is 0 Å². The van der Waals surface area contributed by atoms with Gasteiger partial charge in [-0.15, -0.1) is 0 Å². The Morgan fingerprint density at radius 1 is 1.12 bits per heavy atom. The summed E-state index contributed by atoms with van der Waals surface area (Å²) >= 11 is 0. The number of ether oxygens (including phenoxy) is 4. The van der Waals surface area contributed by atoms with Crippen LogP contribution in [0, 0.1) is 5.92 Å². The van der Waals surface area contributed by atoms with E-state index in [-0.39, 0.29) is 30.1 Å². The van der Waals surface area contributed by atoms with Crippen LogP contribution in [0.2, 0.25) is 0 Å². The lowest BCUT2D eigenvalue weighted by atomic mass is 10.0. The van der Waals surface area contributed by atoms with Crippen LogP contribution in [-0.4, -0.2) is 72.8 Å². The summed E-state index contributed by atoms with van der Waals surface area (Å²) < 4.78 is 22.7. The van der Waals surface area contributed by atoms with Crippen molar-refractivity contribution in [1.29, 1.82) is 0 Å². The van der Waals surface area contributed by atoms with E-state index in [9.17, 15) is 9.59 Å². The molecule has 0 spiro atoms. The number of rotatable bonds is 2. The molecule has 3 aliphatic rings. The molecule has 1 aliphatic carbocycles. The molecule has 8 heteroatoms. The molecule has 0 aromatic rings. The molecule has 3 rings (SSSR count). The van der Waals surface area contributed by atoms with Crippen LogP contribution < -0.4 is 5.32 Å². The van der Waals surface area contributed by atoms with Crippen molar-refractivity contribution < 1.29 is 28.5 Å². The Morgan fingerprint density at radius 2 is 1.73 bits per heavy atom. The van der Waals surface area contributed by atoms with Crippen molar-refractivity contribution in [3.63, 3.8) is 0 Å². The Morgan fingerprint density at radius 3 is 2.35 bits per heavy atom. The molecule has 3 fully saturated rings. The summed E-state index contributed by atoms with van der Waals surface area (Å²) in [6, 6.07) is -0.327. The number of nitrogens with one attached hydrogen (secondary N) is 1. The van der Waals surface area contributed by atoms with Crippen LogP contribution in [0.5, 0.6) is 0 Å². The van der Waals surface area contributed by atoms with Crippen molar-refractivity contribution in [3.05, 3.63) is 0 Å². The fourth-order valence-corrected chi connectivity index (χ4v) is 3.84. The highest BCUT2D eigenvalue weighted by Gasteiger charge is 2.57. The molecule has 2 aliphatic heterocycles. The quantitative estimate of drug-likeness (QED) is 0.788. The molecule has 8 nitrogen and oxygen atoms in total. The molecular formula is C18H30N2O6. The number of carbonyl (C=O) groups is 2. The Balaban J connectivity index is 1.71. The van der Waals surface area contributed by atoms with Crippen molar-refractivity contribution in [2.75, 3.05) is 26.3 Å². The first-order chi connectivity index (χ1) is 12.1. The van der Waals surface area contributed by atoms with E-state index in [1.807, 2.05) is 39.5 Å². The SMILES string of the molecule is CC(C)(C)OC(=O)NC1CC(C(=O)N2CCOCC2)C2OC(C)(C)OC12. The highest BCUT2D eigenvalue weighted by atomic mass is 16.8. The van der Waals surface area contributed by atoms with Crippen LogP contribution in [0.15, 0.2) is 0 Å². The van der Waals surface area contributed by atoms with Crippen LogP contribution >= 0.6 is 0 Å². The van der Waals surface area contributed by atoms with Gasteiger partial charge >= 0.3 is 6.09 Å². The fourth-order valence-electron chi connectivity index (χ4n) is 3.84. The molecule has 2 amide bonds. The van der Waals surface area contributed by atoms with Crippen LogP contribution in [0.4, 0.5) is 4.79 Å². The Kier molecular flexibility index (Phi) is 5.20. The number of morpholine rings is 1. The van der Waals surface area contributed by atoms with Crippen LogP contribution in [-0.2, 0) is 23.7 Å². The summed E-state index contributed by atoms with van der Waals surface area (Å²) in [4.78, 5) is 27.0. The van der Waals surface area contributed by atoms with Crippen molar-refractivity contribution in [2.45, 2.75) is 70.7 Å². The summed E-state index contributed by atoms with van der Waals surface area (Å²) in [5.74, 6) is -1.09. The van der Waals surface area contributed by atoms with Gasteiger partial charge in [0.05, 0.1) is 25.2 Å². The average Bonchev–Trinajstić information content (AvgIpc) is 3.00. The van der Waals surface area contributed by atoms with E-state index >= 15 is 0 Å². The Hall–Kier alpha value is -1.38. The molecule has 1 saturated carbocycles. The Labute approximate surface area is 154 Å². The number of hydrogen-bond donors (Lipinski definition) is 1. The van der Waals surface area contributed by atoms with Crippen molar-refractivity contribution in [2.24, 2.45) is 5.92 Å². The van der Waals surface area contributed by atoms with Gasteiger partial charge in [-0.2, -0.15) is 0 Å². The molecule has 0 radical (unpaired) electrons. The molecule has 26 heavy (non-hydrogen) atoms. The monoisotopic (exact) mass is 370 g/mol. The fraction of sp³-hybridized carbons (Fsp3) is 0.889. The van der Waals surface area contributed by atoms with Gasteiger partial charge in [0.2, 0.25) is 5.91 Å². The lowest BCUT2D eigenvalue weighted by Crippen LogP contribution is -2.46. The minimum Gasteiger partial charge on any atom is -0.444 e. The normalized spacial score (nSPS) is 33.7. The minimum atomic E-state index is -0.785. The smallest absolute Gasteiger partial charge is 0.407 e. The van der Waals surface area contributed by atoms with E-state index in [1.54, 1.807) is 0 Å². The number of amides is 2. The number of hydrogen-bond acceptors (Lipinski definition) is 6. The van der Waals surface area contributed by atoms with E-state index in [2.05, 4.69) is 5.32 Å². The third kappa shape index (κ3) is 4.29. The van der Waals surface area contributed by atoms with Gasteiger partial charge in [-0.3, -0.25) is 4.79 Å². The standard InChI is InChI=1S/C18H30N2O6/c1-17(2,3)26-16(22)19-12-10-11(13-14(12)25-18(4,5)24-13)15(21)20-6-8-23-9-7-20/h11-14H,6-10H2,1-5H3,(H,19,22).